The third-order valence-corrected chi connectivity index (χ3v) is 5.23. The molecule has 82 valence electrons. The highest BCUT2D eigenvalue weighted by Gasteiger charge is 2.34. The van der Waals surface area contributed by atoms with Gasteiger partial charge in [-0.05, 0) is 50.9 Å². The van der Waals surface area contributed by atoms with E-state index in [1.54, 1.807) is 0 Å². The van der Waals surface area contributed by atoms with Gasteiger partial charge in [0.1, 0.15) is 0 Å². The van der Waals surface area contributed by atoms with E-state index in [9.17, 15) is 0 Å². The van der Waals surface area contributed by atoms with Crippen LogP contribution in [0.1, 0.15) is 25.7 Å². The first kappa shape index (κ1) is 10.8. The Bertz CT molecular complexity index is 178. The number of nitrogens with zero attached hydrogens (tertiary/aromatic N) is 1. The van der Waals surface area contributed by atoms with Gasteiger partial charge in [0.25, 0.3) is 0 Å². The van der Waals surface area contributed by atoms with Crippen molar-refractivity contribution in [3.63, 3.8) is 0 Å². The summed E-state index contributed by atoms with van der Waals surface area (Å²) in [7, 11) is 0. The van der Waals surface area contributed by atoms with Gasteiger partial charge in [-0.25, -0.2) is 0 Å². The third-order valence-electron chi connectivity index (χ3n) is 3.79. The van der Waals surface area contributed by atoms with Crippen LogP contribution in [0.4, 0.5) is 0 Å². The summed E-state index contributed by atoms with van der Waals surface area (Å²) in [4.78, 5) is 2.64. The number of hydrogen-bond acceptors (Lipinski definition) is 3. The summed E-state index contributed by atoms with van der Waals surface area (Å²) in [5.74, 6) is 1.04. The van der Waals surface area contributed by atoms with Crippen LogP contribution in [0.15, 0.2) is 0 Å². The molecule has 3 heteroatoms. The molecule has 0 aromatic heterocycles. The van der Waals surface area contributed by atoms with Gasteiger partial charge < -0.3 is 10.6 Å². The molecule has 2 rings (SSSR count). The summed E-state index contributed by atoms with van der Waals surface area (Å²) in [6.07, 6.45) is 7.74. The lowest BCUT2D eigenvalue weighted by molar-refractivity contribution is 0.195. The van der Waals surface area contributed by atoms with Crippen molar-refractivity contribution in [3.05, 3.63) is 0 Å². The van der Waals surface area contributed by atoms with Gasteiger partial charge >= 0.3 is 0 Å². The predicted octanol–water partition coefficient (Wildman–Crippen LogP) is 1.55. The number of likely N-dealkylation sites (tertiary alicyclic amines) is 1. The fraction of sp³-hybridized carbons (Fsp3) is 1.00. The summed E-state index contributed by atoms with van der Waals surface area (Å²) in [6.45, 7) is 4.75. The highest BCUT2D eigenvalue weighted by atomic mass is 32.2. The molecule has 2 N–H and O–H groups in total. The second-order valence-electron chi connectivity index (χ2n) is 4.84. The molecule has 0 spiro atoms. The number of hydrogen-bond donors (Lipinski definition) is 1. The van der Waals surface area contributed by atoms with Crippen LogP contribution in [0.2, 0.25) is 0 Å². The van der Waals surface area contributed by atoms with Gasteiger partial charge in [0.05, 0.1) is 0 Å². The van der Waals surface area contributed by atoms with Crippen LogP contribution in [0.25, 0.3) is 0 Å². The minimum absolute atomic E-state index is 0.403. The quantitative estimate of drug-likeness (QED) is 0.770. The minimum Gasteiger partial charge on any atom is -0.329 e. The molecule has 0 bridgehead atoms. The van der Waals surface area contributed by atoms with Crippen molar-refractivity contribution < 1.29 is 0 Å². The number of thioether (sulfide) groups is 1. The maximum atomic E-state index is 5.87. The summed E-state index contributed by atoms with van der Waals surface area (Å²) in [5.41, 5.74) is 5.87. The molecule has 0 amide bonds. The molecule has 14 heavy (non-hydrogen) atoms. The number of rotatable bonds is 4. The average Bonchev–Trinajstić information content (AvgIpc) is 3.04. The number of piperidine rings is 1. The molecule has 1 heterocycles. The predicted molar refractivity (Wildman–Crippen MR) is 63.7 cm³/mol. The van der Waals surface area contributed by atoms with Gasteiger partial charge in [0.15, 0.2) is 0 Å². The van der Waals surface area contributed by atoms with E-state index in [1.165, 1.54) is 45.3 Å². The molecule has 0 unspecified atom stereocenters. The molecule has 1 saturated heterocycles. The van der Waals surface area contributed by atoms with Gasteiger partial charge in [-0.1, -0.05) is 0 Å². The van der Waals surface area contributed by atoms with Gasteiger partial charge in [-0.3, -0.25) is 0 Å². The summed E-state index contributed by atoms with van der Waals surface area (Å²) in [5, 5.41) is 0. The highest BCUT2D eigenvalue weighted by molar-refractivity contribution is 8.00. The van der Waals surface area contributed by atoms with Crippen LogP contribution < -0.4 is 5.73 Å². The van der Waals surface area contributed by atoms with Crippen LogP contribution in [0.3, 0.4) is 0 Å². The molecule has 2 aliphatic rings. The normalized spacial score (nSPS) is 27.9. The van der Waals surface area contributed by atoms with E-state index in [2.05, 4.69) is 11.2 Å². The largest absolute Gasteiger partial charge is 0.329 e. The van der Waals surface area contributed by atoms with Crippen molar-refractivity contribution >= 4 is 11.8 Å². The molecule has 0 atom stereocenters. The fourth-order valence-electron chi connectivity index (χ4n) is 2.30. The zero-order valence-corrected chi connectivity index (χ0v) is 9.98. The van der Waals surface area contributed by atoms with Crippen molar-refractivity contribution in [3.8, 4) is 0 Å². The third kappa shape index (κ3) is 2.44. The Balaban J connectivity index is 1.77. The molecule has 1 aliphatic carbocycles. The zero-order chi connectivity index (χ0) is 10.0. The van der Waals surface area contributed by atoms with Crippen LogP contribution in [0, 0.1) is 5.92 Å². The van der Waals surface area contributed by atoms with Gasteiger partial charge in [0, 0.05) is 17.8 Å². The SMILES string of the molecule is CSC1(CN)CCN(CC2CC2)CC1. The van der Waals surface area contributed by atoms with Crippen molar-refractivity contribution in [1.82, 2.24) is 4.90 Å². The Hall–Kier alpha value is 0.270. The van der Waals surface area contributed by atoms with Crippen molar-refractivity contribution in [2.45, 2.75) is 30.4 Å². The lowest BCUT2D eigenvalue weighted by atomic mass is 9.95. The molecule has 1 aliphatic heterocycles. The van der Waals surface area contributed by atoms with E-state index >= 15 is 0 Å². The molecular formula is C11H22N2S. The molecule has 2 fully saturated rings. The monoisotopic (exact) mass is 214 g/mol. The summed E-state index contributed by atoms with van der Waals surface area (Å²) < 4.78 is 0.403. The maximum absolute atomic E-state index is 5.87. The second kappa shape index (κ2) is 4.42. The lowest BCUT2D eigenvalue weighted by Crippen LogP contribution is -2.46. The van der Waals surface area contributed by atoms with Crippen LogP contribution in [-0.2, 0) is 0 Å². The minimum atomic E-state index is 0.403. The van der Waals surface area contributed by atoms with E-state index in [0.717, 1.165) is 12.5 Å². The van der Waals surface area contributed by atoms with E-state index in [1.807, 2.05) is 11.8 Å². The van der Waals surface area contributed by atoms with E-state index in [4.69, 9.17) is 5.73 Å². The Kier molecular flexibility index (Phi) is 3.40. The Labute approximate surface area is 91.6 Å². The smallest absolute Gasteiger partial charge is 0.0303 e. The van der Waals surface area contributed by atoms with Crippen molar-refractivity contribution in [2.75, 3.05) is 32.4 Å². The van der Waals surface area contributed by atoms with Gasteiger partial charge in [-0.15, -0.1) is 0 Å². The van der Waals surface area contributed by atoms with E-state index < -0.39 is 0 Å². The van der Waals surface area contributed by atoms with Crippen LogP contribution >= 0.6 is 11.8 Å². The number of nitrogens with two attached hydrogens (primary N) is 1. The van der Waals surface area contributed by atoms with Crippen molar-refractivity contribution in [1.29, 1.82) is 0 Å². The van der Waals surface area contributed by atoms with E-state index in [0.29, 0.717) is 4.75 Å². The molecular weight excluding hydrogens is 192 g/mol. The van der Waals surface area contributed by atoms with E-state index in [-0.39, 0.29) is 0 Å². The molecule has 0 aromatic carbocycles. The first-order valence-corrected chi connectivity index (χ1v) is 6.98. The summed E-state index contributed by atoms with van der Waals surface area (Å²) >= 11 is 1.98. The first-order valence-electron chi connectivity index (χ1n) is 5.75. The Morgan fingerprint density at radius 3 is 2.43 bits per heavy atom. The topological polar surface area (TPSA) is 29.3 Å². The Morgan fingerprint density at radius 2 is 2.00 bits per heavy atom. The zero-order valence-electron chi connectivity index (χ0n) is 9.17. The maximum Gasteiger partial charge on any atom is 0.0303 e. The molecule has 1 saturated carbocycles. The summed E-state index contributed by atoms with van der Waals surface area (Å²) in [6, 6.07) is 0. The molecule has 2 nitrogen and oxygen atoms in total. The van der Waals surface area contributed by atoms with Crippen LogP contribution in [0.5, 0.6) is 0 Å². The fourth-order valence-corrected chi connectivity index (χ4v) is 3.06. The van der Waals surface area contributed by atoms with Crippen molar-refractivity contribution in [2.24, 2.45) is 11.7 Å². The van der Waals surface area contributed by atoms with Crippen LogP contribution in [-0.4, -0.2) is 42.1 Å². The standard InChI is InChI=1S/C11H22N2S/c1-14-11(9-12)4-6-13(7-5-11)8-10-2-3-10/h10H,2-9,12H2,1H3. The molecule has 0 radical (unpaired) electrons. The molecule has 0 aromatic rings. The highest BCUT2D eigenvalue weighted by Crippen LogP contribution is 2.36. The first-order chi connectivity index (χ1) is 6.78. The Morgan fingerprint density at radius 1 is 1.36 bits per heavy atom. The lowest BCUT2D eigenvalue weighted by Gasteiger charge is -2.40. The van der Waals surface area contributed by atoms with Gasteiger partial charge in [0.2, 0.25) is 0 Å². The average molecular weight is 214 g/mol. The second-order valence-corrected chi connectivity index (χ2v) is 6.11. The van der Waals surface area contributed by atoms with Gasteiger partial charge in [-0.2, -0.15) is 11.8 Å².